The highest BCUT2D eigenvalue weighted by Crippen LogP contribution is 2.26. The number of fused-ring (bicyclic) bond motifs is 1. The zero-order chi connectivity index (χ0) is 18.7. The smallest absolute Gasteiger partial charge is 0.317 e. The van der Waals surface area contributed by atoms with Gasteiger partial charge in [0.2, 0.25) is 5.88 Å². The molecule has 0 saturated heterocycles. The van der Waals surface area contributed by atoms with Crippen LogP contribution in [-0.4, -0.2) is 52.4 Å². The second kappa shape index (κ2) is 7.69. The molecule has 2 aromatic heterocycles. The number of nitrogens with one attached hydrogen (secondary N) is 1. The van der Waals surface area contributed by atoms with E-state index < -0.39 is 0 Å². The van der Waals surface area contributed by atoms with Gasteiger partial charge in [-0.25, -0.2) is 14.8 Å². The Morgan fingerprint density at radius 2 is 2.31 bits per heavy atom. The quantitative estimate of drug-likeness (QED) is 0.833. The molecular weight excluding hydrogens is 354 g/mol. The Hall–Kier alpha value is -2.68. The number of aromatic nitrogens is 2. The van der Waals surface area contributed by atoms with Crippen LogP contribution in [0.5, 0.6) is 5.88 Å². The molecule has 138 valence electrons. The first-order valence-electron chi connectivity index (χ1n) is 8.26. The lowest BCUT2D eigenvalue weighted by molar-refractivity contribution is 0.0786. The number of methoxy groups -OCH3 is 1. The molecule has 1 aliphatic heterocycles. The number of urea groups is 1. The van der Waals surface area contributed by atoms with Crippen LogP contribution in [0.2, 0.25) is 0 Å². The molecule has 26 heavy (non-hydrogen) atoms. The minimum Gasteiger partial charge on any atom is -0.481 e. The molecule has 3 amide bonds. The lowest BCUT2D eigenvalue weighted by atomic mass is 10.1. The summed E-state index contributed by atoms with van der Waals surface area (Å²) in [6.07, 6.45) is 1.71. The standard InChI is InChI=1S/C17H21N5O3S/c1-4-22-9-13-12(16(22)23)7-11(15(20-13)25-3)8-19-17(24)21(2)10-14-18-5-6-26-14/h5-7H,4,8-10H2,1-3H3,(H,19,24). The predicted octanol–water partition coefficient (Wildman–Crippen LogP) is 1.86. The Balaban J connectivity index is 1.69. The van der Waals surface area contributed by atoms with Crippen LogP contribution in [-0.2, 0) is 19.6 Å². The molecule has 0 unspecified atom stereocenters. The van der Waals surface area contributed by atoms with E-state index in [1.54, 1.807) is 29.1 Å². The van der Waals surface area contributed by atoms with Gasteiger partial charge in [0.05, 0.1) is 31.5 Å². The largest absolute Gasteiger partial charge is 0.481 e. The van der Waals surface area contributed by atoms with E-state index in [0.717, 1.165) is 5.01 Å². The van der Waals surface area contributed by atoms with Crippen molar-refractivity contribution < 1.29 is 14.3 Å². The minimum atomic E-state index is -0.232. The van der Waals surface area contributed by atoms with Gasteiger partial charge in [-0.15, -0.1) is 11.3 Å². The van der Waals surface area contributed by atoms with Gasteiger partial charge in [-0.2, -0.15) is 0 Å². The zero-order valence-corrected chi connectivity index (χ0v) is 15.8. The van der Waals surface area contributed by atoms with Crippen LogP contribution in [0, 0.1) is 0 Å². The van der Waals surface area contributed by atoms with Gasteiger partial charge >= 0.3 is 6.03 Å². The van der Waals surface area contributed by atoms with Crippen molar-refractivity contribution in [2.75, 3.05) is 20.7 Å². The third-order valence-electron chi connectivity index (χ3n) is 4.21. The molecule has 0 atom stereocenters. The predicted molar refractivity (Wildman–Crippen MR) is 97.0 cm³/mol. The number of nitrogens with zero attached hydrogens (tertiary/aromatic N) is 4. The highest BCUT2D eigenvalue weighted by atomic mass is 32.1. The molecule has 0 radical (unpaired) electrons. The maximum absolute atomic E-state index is 12.3. The highest BCUT2D eigenvalue weighted by Gasteiger charge is 2.29. The molecule has 2 aromatic rings. The molecule has 0 saturated carbocycles. The van der Waals surface area contributed by atoms with Crippen LogP contribution in [0.25, 0.3) is 0 Å². The van der Waals surface area contributed by atoms with Crippen LogP contribution in [0.3, 0.4) is 0 Å². The molecule has 0 spiro atoms. The lowest BCUT2D eigenvalue weighted by Gasteiger charge is -2.17. The van der Waals surface area contributed by atoms with Crippen molar-refractivity contribution in [3.63, 3.8) is 0 Å². The van der Waals surface area contributed by atoms with Crippen LogP contribution < -0.4 is 10.1 Å². The lowest BCUT2D eigenvalue weighted by Crippen LogP contribution is -2.36. The number of carbonyl (C=O) groups is 2. The summed E-state index contributed by atoms with van der Waals surface area (Å²) in [7, 11) is 3.24. The summed E-state index contributed by atoms with van der Waals surface area (Å²) in [4.78, 5) is 36.5. The van der Waals surface area contributed by atoms with Crippen LogP contribution in [0.15, 0.2) is 17.6 Å². The van der Waals surface area contributed by atoms with Crippen LogP contribution in [0.1, 0.15) is 33.5 Å². The first-order chi connectivity index (χ1) is 12.5. The van der Waals surface area contributed by atoms with Crippen molar-refractivity contribution in [3.05, 3.63) is 39.5 Å². The highest BCUT2D eigenvalue weighted by molar-refractivity contribution is 7.09. The summed E-state index contributed by atoms with van der Waals surface area (Å²) >= 11 is 1.50. The number of amides is 3. The van der Waals surface area contributed by atoms with E-state index in [1.165, 1.54) is 18.4 Å². The molecule has 8 nitrogen and oxygen atoms in total. The second-order valence-electron chi connectivity index (χ2n) is 5.91. The van der Waals surface area contributed by atoms with Gasteiger partial charge < -0.3 is 19.9 Å². The summed E-state index contributed by atoms with van der Waals surface area (Å²) < 4.78 is 5.34. The molecule has 0 bridgehead atoms. The van der Waals surface area contributed by atoms with Gasteiger partial charge in [-0.3, -0.25) is 4.79 Å². The van der Waals surface area contributed by atoms with E-state index in [2.05, 4.69) is 15.3 Å². The van der Waals surface area contributed by atoms with Gasteiger partial charge in [0, 0.05) is 37.3 Å². The zero-order valence-electron chi connectivity index (χ0n) is 15.0. The van der Waals surface area contributed by atoms with Crippen molar-refractivity contribution in [2.45, 2.75) is 26.6 Å². The third kappa shape index (κ3) is 3.62. The minimum absolute atomic E-state index is 0.0360. The van der Waals surface area contributed by atoms with E-state index in [9.17, 15) is 9.59 Å². The molecule has 1 N–H and O–H groups in total. The van der Waals surface area contributed by atoms with Crippen molar-refractivity contribution in [1.29, 1.82) is 0 Å². The monoisotopic (exact) mass is 375 g/mol. The number of thiazole rings is 1. The van der Waals surface area contributed by atoms with E-state index in [1.807, 2.05) is 12.3 Å². The van der Waals surface area contributed by atoms with Gasteiger partial charge in [0.15, 0.2) is 0 Å². The Labute approximate surface area is 155 Å². The third-order valence-corrected chi connectivity index (χ3v) is 4.97. The number of carbonyl (C=O) groups excluding carboxylic acids is 2. The molecular formula is C17H21N5O3S. The molecule has 3 rings (SSSR count). The van der Waals surface area contributed by atoms with E-state index in [0.29, 0.717) is 42.3 Å². The van der Waals surface area contributed by atoms with E-state index in [4.69, 9.17) is 4.74 Å². The summed E-state index contributed by atoms with van der Waals surface area (Å²) in [6.45, 7) is 3.71. The average Bonchev–Trinajstić information content (AvgIpc) is 3.26. The normalized spacial score (nSPS) is 12.9. The second-order valence-corrected chi connectivity index (χ2v) is 6.89. The van der Waals surface area contributed by atoms with E-state index >= 15 is 0 Å². The molecule has 0 fully saturated rings. The molecule has 0 aliphatic carbocycles. The van der Waals surface area contributed by atoms with Crippen molar-refractivity contribution in [1.82, 2.24) is 25.1 Å². The number of pyridine rings is 1. The van der Waals surface area contributed by atoms with Gasteiger partial charge in [-0.05, 0) is 13.0 Å². The van der Waals surface area contributed by atoms with Gasteiger partial charge in [0.25, 0.3) is 5.91 Å². The van der Waals surface area contributed by atoms with Gasteiger partial charge in [0.1, 0.15) is 5.01 Å². The van der Waals surface area contributed by atoms with Gasteiger partial charge in [-0.1, -0.05) is 0 Å². The summed E-state index contributed by atoms with van der Waals surface area (Å²) in [6, 6.07) is 1.53. The first-order valence-corrected chi connectivity index (χ1v) is 9.14. The average molecular weight is 375 g/mol. The summed E-state index contributed by atoms with van der Waals surface area (Å²) in [5, 5.41) is 5.58. The Kier molecular flexibility index (Phi) is 5.36. The fourth-order valence-electron chi connectivity index (χ4n) is 2.77. The molecule has 0 aromatic carbocycles. The number of rotatable bonds is 6. The van der Waals surface area contributed by atoms with E-state index in [-0.39, 0.29) is 18.5 Å². The fraction of sp³-hybridized carbons (Fsp3) is 0.412. The Morgan fingerprint density at radius 3 is 2.96 bits per heavy atom. The van der Waals surface area contributed by atoms with Crippen molar-refractivity contribution >= 4 is 23.3 Å². The molecule has 1 aliphatic rings. The van der Waals surface area contributed by atoms with Crippen molar-refractivity contribution in [3.8, 4) is 5.88 Å². The molecule has 3 heterocycles. The van der Waals surface area contributed by atoms with Crippen LogP contribution >= 0.6 is 11.3 Å². The summed E-state index contributed by atoms with van der Waals surface area (Å²) in [5.41, 5.74) is 1.96. The van der Waals surface area contributed by atoms with Crippen LogP contribution in [0.4, 0.5) is 4.79 Å². The number of ether oxygens (including phenoxy) is 1. The van der Waals surface area contributed by atoms with Crippen molar-refractivity contribution in [2.24, 2.45) is 0 Å². The fourth-order valence-corrected chi connectivity index (χ4v) is 3.44. The number of hydrogen-bond acceptors (Lipinski definition) is 6. The first kappa shape index (κ1) is 18.1. The Morgan fingerprint density at radius 1 is 1.50 bits per heavy atom. The number of hydrogen-bond donors (Lipinski definition) is 1. The SMILES string of the molecule is CCN1Cc2nc(OC)c(CNC(=O)N(C)Cc3nccs3)cc2C1=O. The Bertz CT molecular complexity index is 809. The maximum Gasteiger partial charge on any atom is 0.317 e. The summed E-state index contributed by atoms with van der Waals surface area (Å²) in [5.74, 6) is 0.392. The molecule has 9 heteroatoms. The topological polar surface area (TPSA) is 87.7 Å². The maximum atomic E-state index is 12.3.